The van der Waals surface area contributed by atoms with Gasteiger partial charge in [0.05, 0.1) is 17.2 Å². The van der Waals surface area contributed by atoms with E-state index in [4.69, 9.17) is 4.74 Å². The summed E-state index contributed by atoms with van der Waals surface area (Å²) in [4.78, 5) is 24.5. The van der Waals surface area contributed by atoms with Crippen LogP contribution in [0.3, 0.4) is 0 Å². The maximum absolute atomic E-state index is 12.4. The van der Waals surface area contributed by atoms with Crippen LogP contribution >= 0.6 is 0 Å². The van der Waals surface area contributed by atoms with Crippen molar-refractivity contribution in [2.24, 2.45) is 0 Å². The summed E-state index contributed by atoms with van der Waals surface area (Å²) in [6.07, 6.45) is 6.07. The number of nitrogens with one attached hydrogen (secondary N) is 3. The van der Waals surface area contributed by atoms with Crippen molar-refractivity contribution < 1.29 is 9.53 Å². The summed E-state index contributed by atoms with van der Waals surface area (Å²) in [5, 5.41) is 14.7. The fraction of sp³-hybridized carbons (Fsp3) is 0.400. The third-order valence-electron chi connectivity index (χ3n) is 6.11. The molecule has 2 aromatic carbocycles. The molecule has 1 aromatic heterocycles. The molecule has 3 N–H and O–H groups in total. The molecule has 1 fully saturated rings. The molecule has 2 atom stereocenters. The first-order chi connectivity index (χ1) is 15.7. The Hall–Kier alpha value is -3.03. The molecule has 0 radical (unpaired) electrons. The van der Waals surface area contributed by atoms with E-state index < -0.39 is 0 Å². The van der Waals surface area contributed by atoms with E-state index in [9.17, 15) is 9.59 Å². The Kier molecular flexibility index (Phi) is 7.29. The van der Waals surface area contributed by atoms with Gasteiger partial charge in [-0.15, -0.1) is 0 Å². The highest BCUT2D eigenvalue weighted by Gasteiger charge is 2.26. The standard InChI is InChI=1S/C25H30N4O3/c1-32-22-13-7-12-21(22)26-15-5-4-14-23(30)27-18-9-6-8-17(16-18)24-19-10-2-3-11-20(19)25(31)29-28-24/h2-3,6,8-11,16,21-22,26H,4-5,7,12-15H2,1H3,(H,27,30)(H,29,31)/t21-,22-/m0/s1. The summed E-state index contributed by atoms with van der Waals surface area (Å²) in [7, 11) is 1.78. The molecule has 1 heterocycles. The first-order valence-electron chi connectivity index (χ1n) is 11.3. The van der Waals surface area contributed by atoms with Crippen LogP contribution in [0.25, 0.3) is 22.0 Å². The number of carbonyl (C=O) groups excluding carboxylic acids is 1. The third-order valence-corrected chi connectivity index (χ3v) is 6.11. The minimum absolute atomic E-state index is 0.00271. The quantitative estimate of drug-likeness (QED) is 0.445. The molecule has 0 aliphatic heterocycles. The summed E-state index contributed by atoms with van der Waals surface area (Å²) in [5.74, 6) is -0.00271. The number of aromatic nitrogens is 2. The van der Waals surface area contributed by atoms with Crippen molar-refractivity contribution in [3.63, 3.8) is 0 Å². The number of anilines is 1. The van der Waals surface area contributed by atoms with E-state index in [1.165, 1.54) is 6.42 Å². The Morgan fingerprint density at radius 3 is 2.81 bits per heavy atom. The highest BCUT2D eigenvalue weighted by atomic mass is 16.5. The Morgan fingerprint density at radius 1 is 1.12 bits per heavy atom. The second kappa shape index (κ2) is 10.5. The van der Waals surface area contributed by atoms with Crippen molar-refractivity contribution in [1.82, 2.24) is 15.5 Å². The summed E-state index contributed by atoms with van der Waals surface area (Å²) < 4.78 is 5.51. The lowest BCUT2D eigenvalue weighted by Crippen LogP contribution is -2.37. The van der Waals surface area contributed by atoms with Crippen molar-refractivity contribution in [3.8, 4) is 11.3 Å². The maximum Gasteiger partial charge on any atom is 0.272 e. The van der Waals surface area contributed by atoms with Gasteiger partial charge in [-0.1, -0.05) is 30.3 Å². The molecule has 1 aliphatic carbocycles. The smallest absolute Gasteiger partial charge is 0.272 e. The molecule has 0 saturated heterocycles. The Bertz CT molecular complexity index is 1130. The Balaban J connectivity index is 1.31. The van der Waals surface area contributed by atoms with Gasteiger partial charge in [-0.2, -0.15) is 5.10 Å². The van der Waals surface area contributed by atoms with Crippen LogP contribution in [-0.4, -0.2) is 41.9 Å². The van der Waals surface area contributed by atoms with Crippen molar-refractivity contribution in [2.45, 2.75) is 50.7 Å². The first kappa shape index (κ1) is 22.2. The minimum Gasteiger partial charge on any atom is -0.380 e. The lowest BCUT2D eigenvalue weighted by atomic mass is 10.0. The maximum atomic E-state index is 12.4. The number of rotatable bonds is 9. The van der Waals surface area contributed by atoms with Crippen LogP contribution in [-0.2, 0) is 9.53 Å². The number of hydrogen-bond donors (Lipinski definition) is 3. The summed E-state index contributed by atoms with van der Waals surface area (Å²) in [5.41, 5.74) is 2.03. The van der Waals surface area contributed by atoms with Gasteiger partial charge in [0.25, 0.3) is 5.56 Å². The molecule has 7 nitrogen and oxygen atoms in total. The van der Waals surface area contributed by atoms with Crippen LogP contribution in [0.15, 0.2) is 53.3 Å². The van der Waals surface area contributed by atoms with Gasteiger partial charge in [0, 0.05) is 36.2 Å². The van der Waals surface area contributed by atoms with Crippen molar-refractivity contribution in [2.75, 3.05) is 19.0 Å². The lowest BCUT2D eigenvalue weighted by molar-refractivity contribution is -0.116. The number of H-pyrrole nitrogens is 1. The van der Waals surface area contributed by atoms with Gasteiger partial charge in [0.2, 0.25) is 5.91 Å². The minimum atomic E-state index is -0.214. The van der Waals surface area contributed by atoms with Crippen LogP contribution in [0.1, 0.15) is 38.5 Å². The number of carbonyl (C=O) groups is 1. The topological polar surface area (TPSA) is 96.1 Å². The van der Waals surface area contributed by atoms with E-state index in [-0.39, 0.29) is 11.5 Å². The predicted octanol–water partition coefficient (Wildman–Crippen LogP) is 3.86. The molecule has 168 valence electrons. The van der Waals surface area contributed by atoms with Crippen molar-refractivity contribution in [1.29, 1.82) is 0 Å². The number of amides is 1. The van der Waals surface area contributed by atoms with Crippen molar-refractivity contribution >= 4 is 22.4 Å². The average molecular weight is 435 g/mol. The molecule has 1 aliphatic rings. The number of nitrogens with zero attached hydrogens (tertiary/aromatic N) is 1. The lowest BCUT2D eigenvalue weighted by Gasteiger charge is -2.19. The first-order valence-corrected chi connectivity index (χ1v) is 11.3. The number of benzene rings is 2. The second-order valence-electron chi connectivity index (χ2n) is 8.30. The summed E-state index contributed by atoms with van der Waals surface area (Å²) >= 11 is 0. The number of hydrogen-bond acceptors (Lipinski definition) is 5. The molecule has 1 saturated carbocycles. The van der Waals surface area contributed by atoms with Crippen LogP contribution in [0, 0.1) is 0 Å². The number of fused-ring (bicyclic) bond motifs is 1. The fourth-order valence-electron chi connectivity index (χ4n) is 4.44. The fourth-order valence-corrected chi connectivity index (χ4v) is 4.44. The van der Waals surface area contributed by atoms with E-state index in [1.54, 1.807) is 13.2 Å². The van der Waals surface area contributed by atoms with E-state index >= 15 is 0 Å². The third kappa shape index (κ3) is 5.23. The number of methoxy groups -OCH3 is 1. The van der Waals surface area contributed by atoms with Crippen LogP contribution in [0.2, 0.25) is 0 Å². The monoisotopic (exact) mass is 434 g/mol. The zero-order valence-electron chi connectivity index (χ0n) is 18.4. The van der Waals surface area contributed by atoms with E-state index in [0.29, 0.717) is 29.6 Å². The van der Waals surface area contributed by atoms with Crippen LogP contribution < -0.4 is 16.2 Å². The number of aromatic amines is 1. The van der Waals surface area contributed by atoms with E-state index in [0.717, 1.165) is 48.9 Å². The SMILES string of the molecule is CO[C@H]1CCC[C@@H]1NCCCCC(=O)Nc1cccc(-c2n[nH]c(=O)c3ccccc23)c1. The normalized spacial score (nSPS) is 18.2. The zero-order chi connectivity index (χ0) is 22.3. The molecule has 32 heavy (non-hydrogen) atoms. The van der Waals surface area contributed by atoms with Gasteiger partial charge in [-0.25, -0.2) is 5.10 Å². The Morgan fingerprint density at radius 2 is 1.97 bits per heavy atom. The van der Waals surface area contributed by atoms with Gasteiger partial charge in [0.1, 0.15) is 0 Å². The average Bonchev–Trinajstić information content (AvgIpc) is 3.27. The molecule has 1 amide bonds. The van der Waals surface area contributed by atoms with E-state index in [2.05, 4.69) is 20.8 Å². The highest BCUT2D eigenvalue weighted by molar-refractivity contribution is 5.95. The number of ether oxygens (including phenoxy) is 1. The highest BCUT2D eigenvalue weighted by Crippen LogP contribution is 2.26. The molecule has 0 spiro atoms. The Labute approximate surface area is 187 Å². The summed E-state index contributed by atoms with van der Waals surface area (Å²) in [6, 6.07) is 15.4. The largest absolute Gasteiger partial charge is 0.380 e. The van der Waals surface area contributed by atoms with Gasteiger partial charge >= 0.3 is 0 Å². The molecular weight excluding hydrogens is 404 g/mol. The van der Waals surface area contributed by atoms with Gasteiger partial charge < -0.3 is 15.4 Å². The van der Waals surface area contributed by atoms with Crippen LogP contribution in [0.4, 0.5) is 5.69 Å². The van der Waals surface area contributed by atoms with Crippen LogP contribution in [0.5, 0.6) is 0 Å². The van der Waals surface area contributed by atoms with Gasteiger partial charge in [0.15, 0.2) is 0 Å². The predicted molar refractivity (Wildman–Crippen MR) is 127 cm³/mol. The zero-order valence-corrected chi connectivity index (χ0v) is 18.4. The molecule has 0 unspecified atom stereocenters. The molecule has 0 bridgehead atoms. The van der Waals surface area contributed by atoms with E-state index in [1.807, 2.05) is 42.5 Å². The molecular formula is C25H30N4O3. The van der Waals surface area contributed by atoms with Crippen molar-refractivity contribution in [3.05, 3.63) is 58.9 Å². The molecule has 7 heteroatoms. The molecule has 4 rings (SSSR count). The molecule has 3 aromatic rings. The summed E-state index contributed by atoms with van der Waals surface area (Å²) in [6.45, 7) is 0.901. The number of unbranched alkanes of at least 4 members (excludes halogenated alkanes) is 1. The van der Waals surface area contributed by atoms with Gasteiger partial charge in [-0.3, -0.25) is 9.59 Å². The second-order valence-corrected chi connectivity index (χ2v) is 8.30. The van der Waals surface area contributed by atoms with Gasteiger partial charge in [-0.05, 0) is 56.8 Å².